The van der Waals surface area contributed by atoms with Crippen molar-refractivity contribution < 1.29 is 13.2 Å². The van der Waals surface area contributed by atoms with Crippen LogP contribution in [-0.2, 0) is 20.2 Å². The van der Waals surface area contributed by atoms with Gasteiger partial charge in [0.2, 0.25) is 15.9 Å². The summed E-state index contributed by atoms with van der Waals surface area (Å²) in [6.07, 6.45) is 3.51. The molecular formula is C19H30N2O3S. The number of hydrogen-bond donors (Lipinski definition) is 1. The minimum absolute atomic E-state index is 0.0244. The van der Waals surface area contributed by atoms with Crippen LogP contribution < -0.4 is 5.32 Å². The number of amides is 1. The second-order valence-corrected chi connectivity index (χ2v) is 9.81. The van der Waals surface area contributed by atoms with Crippen molar-refractivity contribution in [3.8, 4) is 0 Å². The van der Waals surface area contributed by atoms with E-state index in [0.29, 0.717) is 13.1 Å². The van der Waals surface area contributed by atoms with Gasteiger partial charge in [-0.05, 0) is 37.2 Å². The zero-order valence-corrected chi connectivity index (χ0v) is 16.5. The first-order valence-electron chi connectivity index (χ1n) is 8.90. The number of hydrogen-bond acceptors (Lipinski definition) is 3. The Bertz CT molecular complexity index is 686. The highest BCUT2D eigenvalue weighted by Crippen LogP contribution is 2.28. The molecular weight excluding hydrogens is 336 g/mol. The molecule has 2 unspecified atom stereocenters. The van der Waals surface area contributed by atoms with Crippen molar-refractivity contribution in [1.82, 2.24) is 9.62 Å². The Kier molecular flexibility index (Phi) is 6.27. The van der Waals surface area contributed by atoms with Crippen molar-refractivity contribution in [3.63, 3.8) is 0 Å². The number of rotatable bonds is 6. The summed E-state index contributed by atoms with van der Waals surface area (Å²) in [6.45, 7) is 7.17. The lowest BCUT2D eigenvalue weighted by Gasteiger charge is -2.33. The molecule has 1 amide bonds. The van der Waals surface area contributed by atoms with E-state index in [2.05, 4.69) is 31.3 Å². The third-order valence-electron chi connectivity index (χ3n) is 4.98. The van der Waals surface area contributed by atoms with Gasteiger partial charge in [-0.25, -0.2) is 12.7 Å². The molecule has 0 aromatic heterocycles. The van der Waals surface area contributed by atoms with Crippen LogP contribution in [0, 0.1) is 5.92 Å². The summed E-state index contributed by atoms with van der Waals surface area (Å²) >= 11 is 0. The first-order valence-corrected chi connectivity index (χ1v) is 10.8. The number of carbonyl (C=O) groups is 1. The van der Waals surface area contributed by atoms with E-state index in [4.69, 9.17) is 0 Å². The Morgan fingerprint density at radius 1 is 1.32 bits per heavy atom. The molecule has 0 aliphatic carbocycles. The first kappa shape index (κ1) is 19.9. The van der Waals surface area contributed by atoms with Gasteiger partial charge in [-0.3, -0.25) is 4.79 Å². The SMILES string of the molecule is CC(CC(C)(C)c1ccccc1)NC(=O)C1CCCN(S(C)(=O)=O)C1. The van der Waals surface area contributed by atoms with Crippen LogP contribution in [0.4, 0.5) is 0 Å². The third kappa shape index (κ3) is 5.54. The minimum atomic E-state index is -3.23. The molecule has 1 aromatic carbocycles. The van der Waals surface area contributed by atoms with Crippen LogP contribution in [0.15, 0.2) is 30.3 Å². The van der Waals surface area contributed by atoms with E-state index in [9.17, 15) is 13.2 Å². The average Bonchev–Trinajstić information content (AvgIpc) is 2.54. The highest BCUT2D eigenvalue weighted by molar-refractivity contribution is 7.88. The largest absolute Gasteiger partial charge is 0.353 e. The average molecular weight is 367 g/mol. The lowest BCUT2D eigenvalue weighted by molar-refractivity contribution is -0.126. The second kappa shape index (κ2) is 7.87. The van der Waals surface area contributed by atoms with Crippen LogP contribution in [0.1, 0.15) is 45.6 Å². The number of nitrogens with zero attached hydrogens (tertiary/aromatic N) is 1. The quantitative estimate of drug-likeness (QED) is 0.841. The molecule has 25 heavy (non-hydrogen) atoms. The maximum atomic E-state index is 12.6. The van der Waals surface area contributed by atoms with Crippen molar-refractivity contribution in [3.05, 3.63) is 35.9 Å². The molecule has 5 nitrogen and oxygen atoms in total. The van der Waals surface area contributed by atoms with Crippen LogP contribution in [0.2, 0.25) is 0 Å². The van der Waals surface area contributed by atoms with Gasteiger partial charge in [-0.1, -0.05) is 44.2 Å². The highest BCUT2D eigenvalue weighted by Gasteiger charge is 2.31. The van der Waals surface area contributed by atoms with E-state index in [-0.39, 0.29) is 23.3 Å². The van der Waals surface area contributed by atoms with Gasteiger partial charge in [0.05, 0.1) is 12.2 Å². The molecule has 1 aliphatic heterocycles. The smallest absolute Gasteiger partial charge is 0.224 e. The molecule has 6 heteroatoms. The van der Waals surface area contributed by atoms with E-state index in [0.717, 1.165) is 19.3 Å². The van der Waals surface area contributed by atoms with Crippen LogP contribution in [-0.4, -0.2) is 44.0 Å². The zero-order valence-electron chi connectivity index (χ0n) is 15.7. The van der Waals surface area contributed by atoms with E-state index >= 15 is 0 Å². The fraction of sp³-hybridized carbons (Fsp3) is 0.632. The maximum Gasteiger partial charge on any atom is 0.224 e. The Balaban J connectivity index is 1.93. The molecule has 1 aromatic rings. The molecule has 2 rings (SSSR count). The van der Waals surface area contributed by atoms with Gasteiger partial charge in [0, 0.05) is 19.1 Å². The van der Waals surface area contributed by atoms with E-state index in [1.54, 1.807) is 0 Å². The van der Waals surface area contributed by atoms with Crippen molar-refractivity contribution in [2.45, 2.75) is 51.5 Å². The number of carbonyl (C=O) groups excluding carboxylic acids is 1. The molecule has 0 saturated carbocycles. The molecule has 1 aliphatic rings. The topological polar surface area (TPSA) is 66.5 Å². The predicted octanol–water partition coefficient (Wildman–Crippen LogP) is 2.53. The summed E-state index contributed by atoms with van der Waals surface area (Å²) in [6, 6.07) is 10.3. The molecule has 1 saturated heterocycles. The number of piperidine rings is 1. The second-order valence-electron chi connectivity index (χ2n) is 7.82. The zero-order chi connectivity index (χ0) is 18.7. The fourth-order valence-corrected chi connectivity index (χ4v) is 4.55. The fourth-order valence-electron chi connectivity index (χ4n) is 3.64. The van der Waals surface area contributed by atoms with Crippen molar-refractivity contribution in [1.29, 1.82) is 0 Å². The normalized spacial score (nSPS) is 20.9. The monoisotopic (exact) mass is 366 g/mol. The van der Waals surface area contributed by atoms with Gasteiger partial charge in [0.25, 0.3) is 0 Å². The predicted molar refractivity (Wildman–Crippen MR) is 101 cm³/mol. The highest BCUT2D eigenvalue weighted by atomic mass is 32.2. The molecule has 140 valence electrons. The van der Waals surface area contributed by atoms with Gasteiger partial charge in [-0.2, -0.15) is 0 Å². The van der Waals surface area contributed by atoms with Crippen LogP contribution in [0.25, 0.3) is 0 Å². The number of sulfonamides is 1. The van der Waals surface area contributed by atoms with E-state index in [1.165, 1.54) is 16.1 Å². The van der Waals surface area contributed by atoms with Crippen molar-refractivity contribution >= 4 is 15.9 Å². The summed E-state index contributed by atoms with van der Waals surface area (Å²) < 4.78 is 24.8. The van der Waals surface area contributed by atoms with Crippen molar-refractivity contribution in [2.24, 2.45) is 5.92 Å². The molecule has 0 spiro atoms. The Morgan fingerprint density at radius 2 is 1.96 bits per heavy atom. The lowest BCUT2D eigenvalue weighted by Crippen LogP contribution is -2.47. The Labute approximate surface area is 151 Å². The van der Waals surface area contributed by atoms with E-state index in [1.807, 2.05) is 25.1 Å². The standard InChI is InChI=1S/C19H30N2O3S/c1-15(13-19(2,3)17-10-6-5-7-11-17)20-18(22)16-9-8-12-21(14-16)25(4,23)24/h5-7,10-11,15-16H,8-9,12-14H2,1-4H3,(H,20,22). The number of benzene rings is 1. The van der Waals surface area contributed by atoms with Gasteiger partial charge in [-0.15, -0.1) is 0 Å². The third-order valence-corrected chi connectivity index (χ3v) is 6.25. The van der Waals surface area contributed by atoms with Crippen LogP contribution in [0.3, 0.4) is 0 Å². The molecule has 1 heterocycles. The van der Waals surface area contributed by atoms with Crippen LogP contribution in [0.5, 0.6) is 0 Å². The van der Waals surface area contributed by atoms with E-state index < -0.39 is 10.0 Å². The summed E-state index contributed by atoms with van der Waals surface area (Å²) in [5.74, 6) is -0.296. The molecule has 0 bridgehead atoms. The molecule has 1 N–H and O–H groups in total. The summed E-state index contributed by atoms with van der Waals surface area (Å²) in [5, 5.41) is 3.09. The van der Waals surface area contributed by atoms with Crippen molar-refractivity contribution in [2.75, 3.05) is 19.3 Å². The Hall–Kier alpha value is -1.40. The van der Waals surface area contributed by atoms with Crippen LogP contribution >= 0.6 is 0 Å². The maximum absolute atomic E-state index is 12.6. The number of nitrogens with one attached hydrogen (secondary N) is 1. The first-order chi connectivity index (χ1) is 11.6. The van der Waals surface area contributed by atoms with Gasteiger partial charge >= 0.3 is 0 Å². The molecule has 1 fully saturated rings. The van der Waals surface area contributed by atoms with Gasteiger partial charge in [0.15, 0.2) is 0 Å². The molecule has 2 atom stereocenters. The Morgan fingerprint density at radius 3 is 2.56 bits per heavy atom. The van der Waals surface area contributed by atoms with Gasteiger partial charge in [0.1, 0.15) is 0 Å². The summed E-state index contributed by atoms with van der Waals surface area (Å²) in [4.78, 5) is 12.6. The lowest BCUT2D eigenvalue weighted by atomic mass is 9.79. The minimum Gasteiger partial charge on any atom is -0.353 e. The van der Waals surface area contributed by atoms with Gasteiger partial charge < -0.3 is 5.32 Å². The molecule has 0 radical (unpaired) electrons. The summed E-state index contributed by atoms with van der Waals surface area (Å²) in [5.41, 5.74) is 1.20. The summed E-state index contributed by atoms with van der Waals surface area (Å²) in [7, 11) is -3.23.